The SMILES string of the molecule is NC(=O)c1[c]ccc2sc(N3CCC[C@@H](O)C3)nc12. The van der Waals surface area contributed by atoms with Crippen LogP contribution in [0.4, 0.5) is 5.13 Å². The number of fused-ring (bicyclic) bond motifs is 1. The van der Waals surface area contributed by atoms with Crippen LogP contribution in [0.25, 0.3) is 10.2 Å². The van der Waals surface area contributed by atoms with E-state index in [0.717, 1.165) is 29.2 Å². The van der Waals surface area contributed by atoms with E-state index in [4.69, 9.17) is 5.73 Å². The second-order valence-electron chi connectivity index (χ2n) is 4.67. The van der Waals surface area contributed by atoms with Gasteiger partial charge in [-0.15, -0.1) is 0 Å². The lowest BCUT2D eigenvalue weighted by atomic mass is 10.1. The van der Waals surface area contributed by atoms with Crippen LogP contribution in [0.3, 0.4) is 0 Å². The first-order valence-electron chi connectivity index (χ1n) is 6.19. The number of hydrogen-bond donors (Lipinski definition) is 2. The molecule has 1 aliphatic heterocycles. The maximum atomic E-state index is 11.4. The first-order chi connectivity index (χ1) is 9.15. The van der Waals surface area contributed by atoms with Gasteiger partial charge in [0.25, 0.3) is 5.91 Å². The lowest BCUT2D eigenvalue weighted by Gasteiger charge is -2.29. The highest BCUT2D eigenvalue weighted by molar-refractivity contribution is 7.22. The van der Waals surface area contributed by atoms with Crippen LogP contribution < -0.4 is 10.6 Å². The van der Waals surface area contributed by atoms with E-state index < -0.39 is 5.91 Å². The Kier molecular flexibility index (Phi) is 3.12. The molecule has 3 rings (SSSR count). The molecular formula is C13H14N3O2S. The Morgan fingerprint density at radius 1 is 1.63 bits per heavy atom. The number of rotatable bonds is 2. The summed E-state index contributed by atoms with van der Waals surface area (Å²) in [5.74, 6) is -0.513. The Bertz CT molecular complexity index is 625. The fourth-order valence-corrected chi connectivity index (χ4v) is 3.34. The number of thiazole rings is 1. The van der Waals surface area contributed by atoms with Gasteiger partial charge in [-0.1, -0.05) is 17.4 Å². The summed E-state index contributed by atoms with van der Waals surface area (Å²) in [4.78, 5) is 17.9. The number of anilines is 1. The molecular weight excluding hydrogens is 262 g/mol. The number of aliphatic hydroxyl groups excluding tert-OH is 1. The maximum Gasteiger partial charge on any atom is 0.251 e. The molecule has 1 aromatic carbocycles. The minimum Gasteiger partial charge on any atom is -0.391 e. The molecule has 1 fully saturated rings. The van der Waals surface area contributed by atoms with Gasteiger partial charge in [0.15, 0.2) is 5.13 Å². The van der Waals surface area contributed by atoms with Gasteiger partial charge < -0.3 is 15.7 Å². The first-order valence-corrected chi connectivity index (χ1v) is 7.01. The van der Waals surface area contributed by atoms with Crippen molar-refractivity contribution >= 4 is 32.6 Å². The number of nitrogens with zero attached hydrogens (tertiary/aromatic N) is 2. The van der Waals surface area contributed by atoms with Crippen molar-refractivity contribution < 1.29 is 9.90 Å². The highest BCUT2D eigenvalue weighted by Crippen LogP contribution is 2.31. The molecule has 0 spiro atoms. The van der Waals surface area contributed by atoms with Gasteiger partial charge >= 0.3 is 0 Å². The molecule has 0 aliphatic carbocycles. The van der Waals surface area contributed by atoms with Gasteiger partial charge in [0, 0.05) is 13.1 Å². The molecule has 2 aromatic rings. The number of hydrogen-bond acceptors (Lipinski definition) is 5. The van der Waals surface area contributed by atoms with Crippen molar-refractivity contribution in [3.05, 3.63) is 23.8 Å². The van der Waals surface area contributed by atoms with Crippen molar-refractivity contribution in [2.75, 3.05) is 18.0 Å². The van der Waals surface area contributed by atoms with Gasteiger partial charge in [0.05, 0.1) is 21.9 Å². The average molecular weight is 276 g/mol. The van der Waals surface area contributed by atoms with Crippen LogP contribution >= 0.6 is 11.3 Å². The van der Waals surface area contributed by atoms with Crippen molar-refractivity contribution in [3.63, 3.8) is 0 Å². The van der Waals surface area contributed by atoms with E-state index in [-0.39, 0.29) is 6.10 Å². The van der Waals surface area contributed by atoms with Crippen molar-refractivity contribution in [2.24, 2.45) is 5.73 Å². The zero-order valence-electron chi connectivity index (χ0n) is 10.3. The number of benzene rings is 1. The molecule has 6 heteroatoms. The van der Waals surface area contributed by atoms with Gasteiger partial charge in [-0.2, -0.15) is 0 Å². The molecule has 1 radical (unpaired) electrons. The van der Waals surface area contributed by atoms with Crippen molar-refractivity contribution in [3.8, 4) is 0 Å². The largest absolute Gasteiger partial charge is 0.391 e. The third-order valence-corrected chi connectivity index (χ3v) is 4.34. The number of amides is 1. The van der Waals surface area contributed by atoms with Crippen LogP contribution in [0.1, 0.15) is 23.2 Å². The summed E-state index contributed by atoms with van der Waals surface area (Å²) >= 11 is 1.51. The molecule has 3 N–H and O–H groups in total. The predicted octanol–water partition coefficient (Wildman–Crippen LogP) is 1.16. The smallest absolute Gasteiger partial charge is 0.251 e. The number of carbonyl (C=O) groups is 1. The minimum atomic E-state index is -0.513. The zero-order valence-corrected chi connectivity index (χ0v) is 11.1. The number of primary amides is 1. The molecule has 1 aliphatic rings. The van der Waals surface area contributed by atoms with Gasteiger partial charge in [0.1, 0.15) is 0 Å². The summed E-state index contributed by atoms with van der Waals surface area (Å²) in [6.07, 6.45) is 1.48. The Morgan fingerprint density at radius 2 is 2.47 bits per heavy atom. The Labute approximate surface area is 114 Å². The fraction of sp³-hybridized carbons (Fsp3) is 0.385. The third kappa shape index (κ3) is 2.29. The highest BCUT2D eigenvalue weighted by Gasteiger charge is 2.21. The average Bonchev–Trinajstić information content (AvgIpc) is 2.82. The number of piperidine rings is 1. The number of β-amino-alcohol motifs (C(OH)–C–C–N with tert-alkyl or cyclic N) is 1. The van der Waals surface area contributed by atoms with Crippen molar-refractivity contribution in [1.29, 1.82) is 0 Å². The molecule has 1 saturated heterocycles. The molecule has 19 heavy (non-hydrogen) atoms. The molecule has 1 atom stereocenters. The molecule has 99 valence electrons. The zero-order chi connectivity index (χ0) is 13.4. The molecule has 0 unspecified atom stereocenters. The minimum absolute atomic E-state index is 0.303. The van der Waals surface area contributed by atoms with Crippen LogP contribution in [-0.2, 0) is 0 Å². The number of aromatic nitrogens is 1. The molecule has 1 aromatic heterocycles. The summed E-state index contributed by atoms with van der Waals surface area (Å²) in [6.45, 7) is 1.47. The van der Waals surface area contributed by atoms with E-state index in [9.17, 15) is 9.90 Å². The topological polar surface area (TPSA) is 79.5 Å². The lowest BCUT2D eigenvalue weighted by Crippen LogP contribution is -2.38. The van der Waals surface area contributed by atoms with Gasteiger partial charge in [-0.3, -0.25) is 4.79 Å². The Balaban J connectivity index is 2.01. The van der Waals surface area contributed by atoms with Crippen LogP contribution in [0.2, 0.25) is 0 Å². The van der Waals surface area contributed by atoms with Crippen LogP contribution in [-0.4, -0.2) is 35.2 Å². The summed E-state index contributed by atoms with van der Waals surface area (Å²) in [5.41, 5.74) is 6.27. The second kappa shape index (κ2) is 4.79. The lowest BCUT2D eigenvalue weighted by molar-refractivity contribution is 0.100. The second-order valence-corrected chi connectivity index (χ2v) is 5.68. The normalized spacial score (nSPS) is 19.8. The van der Waals surface area contributed by atoms with E-state index in [2.05, 4.69) is 16.0 Å². The van der Waals surface area contributed by atoms with E-state index in [0.29, 0.717) is 17.6 Å². The van der Waals surface area contributed by atoms with Gasteiger partial charge in [-0.05, 0) is 25.0 Å². The van der Waals surface area contributed by atoms with E-state index in [1.165, 1.54) is 11.3 Å². The maximum absolute atomic E-state index is 11.4. The first kappa shape index (κ1) is 12.4. The monoisotopic (exact) mass is 276 g/mol. The summed E-state index contributed by atoms with van der Waals surface area (Å²) in [7, 11) is 0. The summed E-state index contributed by atoms with van der Waals surface area (Å²) < 4.78 is 0.919. The molecule has 0 bridgehead atoms. The van der Waals surface area contributed by atoms with Crippen molar-refractivity contribution in [1.82, 2.24) is 4.98 Å². The van der Waals surface area contributed by atoms with Crippen LogP contribution in [0.5, 0.6) is 0 Å². The van der Waals surface area contributed by atoms with Gasteiger partial charge in [0.2, 0.25) is 0 Å². The van der Waals surface area contributed by atoms with E-state index in [1.54, 1.807) is 6.07 Å². The molecule has 2 heterocycles. The van der Waals surface area contributed by atoms with Crippen LogP contribution in [0.15, 0.2) is 12.1 Å². The quantitative estimate of drug-likeness (QED) is 0.862. The molecule has 5 nitrogen and oxygen atoms in total. The van der Waals surface area contributed by atoms with E-state index >= 15 is 0 Å². The standard InChI is InChI=1S/C13H14N3O2S/c14-12(18)9-4-1-5-10-11(9)15-13(19-10)16-6-2-3-8(17)7-16/h1,5,8,17H,2-3,6-7H2,(H2,14,18)/t8-/m1/s1. The molecule has 1 amide bonds. The third-order valence-electron chi connectivity index (χ3n) is 3.25. The predicted molar refractivity (Wildman–Crippen MR) is 74.4 cm³/mol. The Morgan fingerprint density at radius 3 is 3.21 bits per heavy atom. The van der Waals surface area contributed by atoms with Crippen LogP contribution in [0, 0.1) is 6.07 Å². The van der Waals surface area contributed by atoms with E-state index in [1.807, 2.05) is 6.07 Å². The fourth-order valence-electron chi connectivity index (χ4n) is 2.33. The summed E-state index contributed by atoms with van der Waals surface area (Å²) in [5, 5.41) is 10.5. The summed E-state index contributed by atoms with van der Waals surface area (Å²) in [6, 6.07) is 6.41. The number of nitrogens with two attached hydrogens (primary N) is 1. The van der Waals surface area contributed by atoms with Gasteiger partial charge in [-0.25, -0.2) is 4.98 Å². The Hall–Kier alpha value is -1.66. The number of aliphatic hydroxyl groups is 1. The number of carbonyl (C=O) groups excluding carboxylic acids is 1. The molecule has 0 saturated carbocycles. The highest BCUT2D eigenvalue weighted by atomic mass is 32.1. The van der Waals surface area contributed by atoms with Crippen molar-refractivity contribution in [2.45, 2.75) is 18.9 Å².